The lowest BCUT2D eigenvalue weighted by molar-refractivity contribution is -0.384. The normalized spacial score (nSPS) is 11.4. The fourth-order valence-corrected chi connectivity index (χ4v) is 3.60. The first-order valence-electron chi connectivity index (χ1n) is 9.77. The van der Waals surface area contributed by atoms with Crippen LogP contribution in [0, 0.1) is 10.1 Å². The van der Waals surface area contributed by atoms with Crippen LogP contribution in [0.2, 0.25) is 0 Å². The van der Waals surface area contributed by atoms with Gasteiger partial charge in [-0.2, -0.15) is 5.10 Å². The van der Waals surface area contributed by atoms with Crippen LogP contribution >= 0.6 is 0 Å². The second-order valence-electron chi connectivity index (χ2n) is 6.94. The number of rotatable bonds is 9. The van der Waals surface area contributed by atoms with E-state index in [2.05, 4.69) is 34.5 Å². The molecule has 10 heteroatoms. The molecule has 0 aliphatic heterocycles. The standard InChI is InChI=1S/C22H23N5O4S/c1-2-26(16-18-6-4-3-5-7-18)19-10-8-17(9-11-19)15-24-25-21-13-12-20(32(23,30)31)14-22(21)27(28)29/h3-15,25H,2,16H2,1H3,(H2,23,30,31)/b24-15+. The van der Waals surface area contributed by atoms with Crippen molar-refractivity contribution in [1.82, 2.24) is 0 Å². The highest BCUT2D eigenvalue weighted by molar-refractivity contribution is 7.89. The molecular weight excluding hydrogens is 430 g/mol. The van der Waals surface area contributed by atoms with Crippen LogP contribution in [0.1, 0.15) is 18.1 Å². The van der Waals surface area contributed by atoms with Crippen LogP contribution in [-0.4, -0.2) is 26.1 Å². The highest BCUT2D eigenvalue weighted by Crippen LogP contribution is 2.27. The zero-order valence-corrected chi connectivity index (χ0v) is 18.2. The van der Waals surface area contributed by atoms with Crippen LogP contribution in [0.5, 0.6) is 0 Å². The highest BCUT2D eigenvalue weighted by atomic mass is 32.2. The van der Waals surface area contributed by atoms with Crippen LogP contribution in [0.4, 0.5) is 17.1 Å². The summed E-state index contributed by atoms with van der Waals surface area (Å²) in [5.41, 5.74) is 5.27. The van der Waals surface area contributed by atoms with Gasteiger partial charge >= 0.3 is 0 Å². The van der Waals surface area contributed by atoms with Crippen molar-refractivity contribution in [2.75, 3.05) is 16.9 Å². The number of benzene rings is 3. The molecule has 3 aromatic rings. The molecule has 166 valence electrons. The van der Waals surface area contributed by atoms with Gasteiger partial charge in [-0.15, -0.1) is 0 Å². The fourth-order valence-electron chi connectivity index (χ4n) is 3.07. The zero-order valence-electron chi connectivity index (χ0n) is 17.4. The van der Waals surface area contributed by atoms with E-state index in [1.165, 1.54) is 23.9 Å². The Balaban J connectivity index is 1.70. The summed E-state index contributed by atoms with van der Waals surface area (Å²) in [5, 5.41) is 20.3. The molecule has 0 spiro atoms. The second kappa shape index (κ2) is 10.0. The molecule has 9 nitrogen and oxygen atoms in total. The van der Waals surface area contributed by atoms with E-state index in [4.69, 9.17) is 5.14 Å². The monoisotopic (exact) mass is 453 g/mol. The van der Waals surface area contributed by atoms with Crippen molar-refractivity contribution in [3.05, 3.63) is 94.0 Å². The number of anilines is 2. The second-order valence-corrected chi connectivity index (χ2v) is 8.50. The van der Waals surface area contributed by atoms with E-state index >= 15 is 0 Å². The summed E-state index contributed by atoms with van der Waals surface area (Å²) in [6.07, 6.45) is 1.52. The van der Waals surface area contributed by atoms with E-state index in [-0.39, 0.29) is 10.6 Å². The molecule has 3 N–H and O–H groups in total. The van der Waals surface area contributed by atoms with Crippen molar-refractivity contribution >= 4 is 33.3 Å². The lowest BCUT2D eigenvalue weighted by atomic mass is 10.1. The van der Waals surface area contributed by atoms with Crippen molar-refractivity contribution in [3.8, 4) is 0 Å². The Labute approximate surface area is 186 Å². The predicted octanol–water partition coefficient (Wildman–Crippen LogP) is 3.71. The third kappa shape index (κ3) is 5.90. The Kier molecular flexibility index (Phi) is 7.18. The minimum absolute atomic E-state index is 0.0512. The van der Waals surface area contributed by atoms with E-state index in [0.717, 1.165) is 30.4 Å². The lowest BCUT2D eigenvalue weighted by Crippen LogP contribution is -2.21. The minimum Gasteiger partial charge on any atom is -0.367 e. The number of sulfonamides is 1. The summed E-state index contributed by atoms with van der Waals surface area (Å²) in [5.74, 6) is 0. The third-order valence-corrected chi connectivity index (χ3v) is 5.66. The molecule has 0 aromatic heterocycles. The molecule has 0 aliphatic rings. The van der Waals surface area contributed by atoms with Gasteiger partial charge in [0.25, 0.3) is 5.69 Å². The van der Waals surface area contributed by atoms with Gasteiger partial charge in [-0.25, -0.2) is 13.6 Å². The van der Waals surface area contributed by atoms with Crippen molar-refractivity contribution < 1.29 is 13.3 Å². The van der Waals surface area contributed by atoms with Gasteiger partial charge in [0, 0.05) is 24.8 Å². The number of primary sulfonamides is 1. The number of hydrogen-bond donors (Lipinski definition) is 2. The van der Waals surface area contributed by atoms with Crippen molar-refractivity contribution in [2.24, 2.45) is 10.2 Å². The van der Waals surface area contributed by atoms with Crippen LogP contribution in [-0.2, 0) is 16.6 Å². The highest BCUT2D eigenvalue weighted by Gasteiger charge is 2.18. The molecule has 3 rings (SSSR count). The predicted molar refractivity (Wildman–Crippen MR) is 125 cm³/mol. The average Bonchev–Trinajstić information content (AvgIpc) is 2.78. The van der Waals surface area contributed by atoms with E-state index in [9.17, 15) is 18.5 Å². The Hall–Kier alpha value is -3.76. The number of nitrogens with zero attached hydrogens (tertiary/aromatic N) is 3. The van der Waals surface area contributed by atoms with Crippen LogP contribution in [0.15, 0.2) is 82.8 Å². The molecule has 0 bridgehead atoms. The molecule has 0 amide bonds. The smallest absolute Gasteiger partial charge is 0.295 e. The number of nitrogens with two attached hydrogens (primary N) is 1. The number of hydrogen-bond acceptors (Lipinski definition) is 7. The maximum Gasteiger partial charge on any atom is 0.295 e. The lowest BCUT2D eigenvalue weighted by Gasteiger charge is -2.23. The topological polar surface area (TPSA) is 131 Å². The van der Waals surface area contributed by atoms with Crippen LogP contribution in [0.25, 0.3) is 0 Å². The first kappa shape index (κ1) is 22.9. The van der Waals surface area contributed by atoms with Gasteiger partial charge in [0.1, 0.15) is 5.69 Å². The Morgan fingerprint density at radius 2 is 1.78 bits per heavy atom. The summed E-state index contributed by atoms with van der Waals surface area (Å²) in [7, 11) is -4.05. The van der Waals surface area contributed by atoms with Gasteiger partial charge in [-0.05, 0) is 42.3 Å². The molecule has 0 radical (unpaired) electrons. The fraction of sp³-hybridized carbons (Fsp3) is 0.136. The van der Waals surface area contributed by atoms with Gasteiger partial charge < -0.3 is 4.90 Å². The van der Waals surface area contributed by atoms with Crippen molar-refractivity contribution in [1.29, 1.82) is 0 Å². The average molecular weight is 454 g/mol. The quantitative estimate of drug-likeness (QED) is 0.288. The summed E-state index contributed by atoms with van der Waals surface area (Å²) >= 11 is 0. The Morgan fingerprint density at radius 3 is 2.38 bits per heavy atom. The molecule has 0 saturated carbocycles. The summed E-state index contributed by atoms with van der Waals surface area (Å²) in [6, 6.07) is 21.3. The van der Waals surface area contributed by atoms with Crippen LogP contribution in [0.3, 0.4) is 0 Å². The summed E-state index contributed by atoms with van der Waals surface area (Å²) in [6.45, 7) is 3.74. The van der Waals surface area contributed by atoms with Gasteiger partial charge in [0.15, 0.2) is 0 Å². The Bertz CT molecular complexity index is 1210. The largest absolute Gasteiger partial charge is 0.367 e. The SMILES string of the molecule is CCN(Cc1ccccc1)c1ccc(/C=N/Nc2ccc(S(N)(=O)=O)cc2[N+](=O)[O-])cc1. The summed E-state index contributed by atoms with van der Waals surface area (Å²) < 4.78 is 22.8. The third-order valence-electron chi connectivity index (χ3n) is 4.75. The molecular formula is C22H23N5O4S. The maximum absolute atomic E-state index is 11.4. The van der Waals surface area contributed by atoms with Gasteiger partial charge in [-0.1, -0.05) is 42.5 Å². The minimum atomic E-state index is -4.05. The maximum atomic E-state index is 11.4. The van der Waals surface area contributed by atoms with Crippen LogP contribution < -0.4 is 15.5 Å². The molecule has 0 fully saturated rings. The van der Waals surface area contributed by atoms with Gasteiger partial charge in [-0.3, -0.25) is 15.5 Å². The van der Waals surface area contributed by atoms with Gasteiger partial charge in [0.2, 0.25) is 10.0 Å². The molecule has 0 atom stereocenters. The molecule has 0 unspecified atom stereocenters. The number of hydrazone groups is 1. The molecule has 32 heavy (non-hydrogen) atoms. The number of nitro benzene ring substituents is 1. The zero-order chi connectivity index (χ0) is 23.1. The number of nitro groups is 1. The molecule has 0 heterocycles. The Morgan fingerprint density at radius 1 is 1.09 bits per heavy atom. The van der Waals surface area contributed by atoms with E-state index in [1.54, 1.807) is 0 Å². The van der Waals surface area contributed by atoms with E-state index < -0.39 is 20.6 Å². The van der Waals surface area contributed by atoms with E-state index in [0.29, 0.717) is 0 Å². The first-order chi connectivity index (χ1) is 15.3. The first-order valence-corrected chi connectivity index (χ1v) is 11.3. The van der Waals surface area contributed by atoms with Crippen molar-refractivity contribution in [2.45, 2.75) is 18.4 Å². The van der Waals surface area contributed by atoms with Gasteiger partial charge in [0.05, 0.1) is 16.0 Å². The molecule has 0 saturated heterocycles. The summed E-state index contributed by atoms with van der Waals surface area (Å²) in [4.78, 5) is 12.5. The molecule has 3 aromatic carbocycles. The van der Waals surface area contributed by atoms with Crippen molar-refractivity contribution in [3.63, 3.8) is 0 Å². The molecule has 0 aliphatic carbocycles. The van der Waals surface area contributed by atoms with E-state index in [1.807, 2.05) is 42.5 Å². The number of nitrogens with one attached hydrogen (secondary N) is 1.